The van der Waals surface area contributed by atoms with Crippen LogP contribution >= 0.6 is 11.6 Å². The van der Waals surface area contributed by atoms with Crippen LogP contribution in [0.4, 0.5) is 10.1 Å². The minimum atomic E-state index is -3.92. The van der Waals surface area contributed by atoms with E-state index in [4.69, 9.17) is 11.6 Å². The highest BCUT2D eigenvalue weighted by Gasteiger charge is 2.25. The van der Waals surface area contributed by atoms with Gasteiger partial charge in [-0.15, -0.1) is 0 Å². The lowest BCUT2D eigenvalue weighted by molar-refractivity contribution is 0.586. The van der Waals surface area contributed by atoms with Crippen LogP contribution in [0.3, 0.4) is 0 Å². The number of halogens is 2. The molecule has 0 amide bonds. The predicted molar refractivity (Wildman–Crippen MR) is 97.7 cm³/mol. The number of hydrogen-bond donors (Lipinski definition) is 0. The fourth-order valence-corrected chi connectivity index (χ4v) is 4.03. The molecule has 0 heterocycles. The minimum Gasteiger partial charge on any atom is -0.262 e. The molecule has 0 N–H and O–H groups in total. The molecule has 3 aromatic carbocycles. The zero-order chi connectivity index (χ0) is 17.9. The van der Waals surface area contributed by atoms with Crippen molar-refractivity contribution in [2.45, 2.75) is 11.4 Å². The highest BCUT2D eigenvalue weighted by atomic mass is 35.5. The van der Waals surface area contributed by atoms with E-state index in [0.717, 1.165) is 11.6 Å². The normalized spacial score (nSPS) is 11.3. The molecule has 0 atom stereocenters. The van der Waals surface area contributed by atoms with E-state index in [1.54, 1.807) is 54.6 Å². The Hall–Kier alpha value is -2.37. The van der Waals surface area contributed by atoms with Crippen molar-refractivity contribution in [2.75, 3.05) is 4.31 Å². The van der Waals surface area contributed by atoms with Crippen molar-refractivity contribution in [3.05, 3.63) is 95.3 Å². The fraction of sp³-hybridized carbons (Fsp3) is 0.0526. The number of nitrogens with zero attached hydrogens (tertiary/aromatic N) is 1. The molecular formula is C19H15ClFNO2S. The van der Waals surface area contributed by atoms with Crippen LogP contribution in [0.25, 0.3) is 0 Å². The minimum absolute atomic E-state index is 0.0923. The van der Waals surface area contributed by atoms with Gasteiger partial charge >= 0.3 is 0 Å². The monoisotopic (exact) mass is 375 g/mol. The molecule has 0 aliphatic rings. The van der Waals surface area contributed by atoms with E-state index in [1.807, 2.05) is 0 Å². The molecule has 0 radical (unpaired) electrons. The molecule has 128 valence electrons. The average Bonchev–Trinajstić information content (AvgIpc) is 2.62. The summed E-state index contributed by atoms with van der Waals surface area (Å²) in [4.78, 5) is -0.0923. The molecule has 6 heteroatoms. The lowest BCUT2D eigenvalue weighted by atomic mass is 10.2. The molecule has 0 aliphatic carbocycles. The van der Waals surface area contributed by atoms with Crippen LogP contribution in [-0.2, 0) is 16.6 Å². The van der Waals surface area contributed by atoms with Gasteiger partial charge in [-0.3, -0.25) is 4.31 Å². The summed E-state index contributed by atoms with van der Waals surface area (Å²) in [6.45, 7) is 0.111. The Balaban J connectivity index is 2.06. The standard InChI is InChI=1S/C19H15ClFNO2S/c20-16-11-9-15(10-12-16)14-22(18-6-2-1-3-7-18)25(23,24)19-8-4-5-17(21)13-19/h1-13H,14H2. The fourth-order valence-electron chi connectivity index (χ4n) is 2.42. The maximum Gasteiger partial charge on any atom is 0.264 e. The molecule has 0 aliphatic heterocycles. The van der Waals surface area contributed by atoms with Gasteiger partial charge in [0.2, 0.25) is 0 Å². The smallest absolute Gasteiger partial charge is 0.262 e. The summed E-state index contributed by atoms with van der Waals surface area (Å²) in [5, 5.41) is 0.572. The van der Waals surface area contributed by atoms with Crippen molar-refractivity contribution >= 4 is 27.3 Å². The number of rotatable bonds is 5. The Labute approximate surface area is 151 Å². The van der Waals surface area contributed by atoms with E-state index in [2.05, 4.69) is 0 Å². The highest BCUT2D eigenvalue weighted by molar-refractivity contribution is 7.92. The van der Waals surface area contributed by atoms with Gasteiger partial charge in [0.1, 0.15) is 5.82 Å². The molecule has 0 spiro atoms. The number of para-hydroxylation sites is 1. The summed E-state index contributed by atoms with van der Waals surface area (Å²) >= 11 is 5.89. The van der Waals surface area contributed by atoms with Gasteiger partial charge in [-0.25, -0.2) is 12.8 Å². The van der Waals surface area contributed by atoms with Crippen LogP contribution in [0.5, 0.6) is 0 Å². The van der Waals surface area contributed by atoms with E-state index in [0.29, 0.717) is 10.7 Å². The third kappa shape index (κ3) is 4.00. The second-order valence-electron chi connectivity index (χ2n) is 5.43. The summed E-state index contributed by atoms with van der Waals surface area (Å²) in [5.41, 5.74) is 1.27. The summed E-state index contributed by atoms with van der Waals surface area (Å²) in [6, 6.07) is 20.7. The molecule has 0 unspecified atom stereocenters. The first-order valence-electron chi connectivity index (χ1n) is 7.54. The van der Waals surface area contributed by atoms with Gasteiger partial charge in [0.15, 0.2) is 0 Å². The first-order chi connectivity index (χ1) is 12.0. The first-order valence-corrected chi connectivity index (χ1v) is 9.36. The van der Waals surface area contributed by atoms with E-state index in [9.17, 15) is 12.8 Å². The maximum atomic E-state index is 13.5. The molecule has 0 aromatic heterocycles. The highest BCUT2D eigenvalue weighted by Crippen LogP contribution is 2.26. The number of anilines is 1. The van der Waals surface area contributed by atoms with Gasteiger partial charge in [-0.1, -0.05) is 48.0 Å². The Morgan fingerprint density at radius 3 is 2.20 bits per heavy atom. The van der Waals surface area contributed by atoms with Gasteiger partial charge in [0.25, 0.3) is 10.0 Å². The molecule has 3 rings (SSSR count). The van der Waals surface area contributed by atoms with Crippen molar-refractivity contribution in [3.63, 3.8) is 0 Å². The van der Waals surface area contributed by atoms with Gasteiger partial charge < -0.3 is 0 Å². The van der Waals surface area contributed by atoms with Crippen LogP contribution in [-0.4, -0.2) is 8.42 Å². The van der Waals surface area contributed by atoms with Crippen molar-refractivity contribution in [3.8, 4) is 0 Å². The molecule has 0 fully saturated rings. The first kappa shape index (κ1) is 17.5. The van der Waals surface area contributed by atoms with Crippen molar-refractivity contribution in [2.24, 2.45) is 0 Å². The number of hydrogen-bond acceptors (Lipinski definition) is 2. The van der Waals surface area contributed by atoms with Crippen molar-refractivity contribution < 1.29 is 12.8 Å². The Morgan fingerprint density at radius 2 is 1.56 bits per heavy atom. The molecule has 3 aromatic rings. The van der Waals surface area contributed by atoms with E-state index in [-0.39, 0.29) is 11.4 Å². The third-order valence-corrected chi connectivity index (χ3v) is 5.69. The zero-order valence-corrected chi connectivity index (χ0v) is 14.7. The largest absolute Gasteiger partial charge is 0.264 e. The topological polar surface area (TPSA) is 37.4 Å². The Kier molecular flexibility index (Phi) is 5.06. The predicted octanol–water partition coefficient (Wildman–Crippen LogP) is 4.87. The van der Waals surface area contributed by atoms with E-state index in [1.165, 1.54) is 22.5 Å². The summed E-state index contributed by atoms with van der Waals surface area (Å²) in [6.07, 6.45) is 0. The van der Waals surface area contributed by atoms with Gasteiger partial charge in [-0.2, -0.15) is 0 Å². The molecular weight excluding hydrogens is 361 g/mol. The third-order valence-electron chi connectivity index (χ3n) is 3.67. The Bertz CT molecular complexity index is 960. The van der Waals surface area contributed by atoms with Gasteiger partial charge in [0.05, 0.1) is 17.1 Å². The van der Waals surface area contributed by atoms with Crippen LogP contribution in [0.1, 0.15) is 5.56 Å². The maximum absolute atomic E-state index is 13.5. The lowest BCUT2D eigenvalue weighted by Gasteiger charge is -2.24. The second-order valence-corrected chi connectivity index (χ2v) is 7.73. The lowest BCUT2D eigenvalue weighted by Crippen LogP contribution is -2.30. The Morgan fingerprint density at radius 1 is 0.880 bits per heavy atom. The molecule has 0 bridgehead atoms. The van der Waals surface area contributed by atoms with Crippen molar-refractivity contribution in [1.29, 1.82) is 0 Å². The van der Waals surface area contributed by atoms with Crippen LogP contribution < -0.4 is 4.31 Å². The zero-order valence-electron chi connectivity index (χ0n) is 13.1. The van der Waals surface area contributed by atoms with Crippen molar-refractivity contribution in [1.82, 2.24) is 0 Å². The molecule has 0 saturated heterocycles. The van der Waals surface area contributed by atoms with Gasteiger partial charge in [0, 0.05) is 5.02 Å². The van der Waals surface area contributed by atoms with E-state index >= 15 is 0 Å². The number of sulfonamides is 1. The average molecular weight is 376 g/mol. The number of benzene rings is 3. The summed E-state index contributed by atoms with van der Waals surface area (Å²) in [7, 11) is -3.92. The SMILES string of the molecule is O=S(=O)(c1cccc(F)c1)N(Cc1ccc(Cl)cc1)c1ccccc1. The molecule has 25 heavy (non-hydrogen) atoms. The quantitative estimate of drug-likeness (QED) is 0.637. The molecule has 0 saturated carbocycles. The van der Waals surface area contributed by atoms with Gasteiger partial charge in [-0.05, 0) is 48.0 Å². The van der Waals surface area contributed by atoms with Crippen LogP contribution in [0.15, 0.2) is 83.8 Å². The second kappa shape index (κ2) is 7.25. The molecule has 3 nitrogen and oxygen atoms in total. The summed E-state index contributed by atoms with van der Waals surface area (Å²) in [5.74, 6) is -0.597. The van der Waals surface area contributed by atoms with E-state index < -0.39 is 15.8 Å². The summed E-state index contributed by atoms with van der Waals surface area (Å²) < 4.78 is 41.0. The van der Waals surface area contributed by atoms with Crippen LogP contribution in [0.2, 0.25) is 5.02 Å². The van der Waals surface area contributed by atoms with Crippen LogP contribution in [0, 0.1) is 5.82 Å².